The second-order valence-corrected chi connectivity index (χ2v) is 5.71. The molecular weight excluding hydrogens is 314 g/mol. The summed E-state index contributed by atoms with van der Waals surface area (Å²) in [5, 5.41) is 7.26. The number of hydrogen-bond donors (Lipinski definition) is 1. The van der Waals surface area contributed by atoms with Crippen LogP contribution < -0.4 is 10.1 Å². The molecule has 0 aliphatic rings. The third-order valence-corrected chi connectivity index (χ3v) is 3.91. The molecule has 3 aromatic rings. The van der Waals surface area contributed by atoms with Crippen LogP contribution in [0.15, 0.2) is 60.8 Å². The first kappa shape index (κ1) is 16.8. The lowest BCUT2D eigenvalue weighted by Gasteiger charge is -2.09. The van der Waals surface area contributed by atoms with Crippen molar-refractivity contribution in [3.05, 3.63) is 77.5 Å². The molecule has 0 unspecified atom stereocenters. The monoisotopic (exact) mass is 335 g/mol. The molecule has 5 nitrogen and oxygen atoms in total. The van der Waals surface area contributed by atoms with Gasteiger partial charge in [-0.3, -0.25) is 9.48 Å². The minimum Gasteiger partial charge on any atom is -0.493 e. The van der Waals surface area contributed by atoms with Crippen LogP contribution in [0.2, 0.25) is 0 Å². The maximum atomic E-state index is 12.5. The molecule has 0 saturated carbocycles. The van der Waals surface area contributed by atoms with Crippen LogP contribution in [0, 0.1) is 6.92 Å². The van der Waals surface area contributed by atoms with E-state index in [2.05, 4.69) is 29.5 Å². The van der Waals surface area contributed by atoms with Gasteiger partial charge in [-0.15, -0.1) is 0 Å². The molecule has 1 N–H and O–H groups in total. The molecule has 0 atom stereocenters. The molecule has 1 amide bonds. The van der Waals surface area contributed by atoms with Crippen molar-refractivity contribution < 1.29 is 9.53 Å². The summed E-state index contributed by atoms with van der Waals surface area (Å²) in [6.07, 6.45) is 1.86. The van der Waals surface area contributed by atoms with Gasteiger partial charge in [-0.1, -0.05) is 36.4 Å². The summed E-state index contributed by atoms with van der Waals surface area (Å²) in [4.78, 5) is 12.5. The Bertz CT molecular complexity index is 871. The van der Waals surface area contributed by atoms with E-state index >= 15 is 0 Å². The molecule has 0 radical (unpaired) electrons. The lowest BCUT2D eigenvalue weighted by molar-refractivity contribution is 0.102. The van der Waals surface area contributed by atoms with Crippen LogP contribution in [0.4, 0.5) is 5.82 Å². The van der Waals surface area contributed by atoms with Gasteiger partial charge in [0.1, 0.15) is 5.75 Å². The largest absolute Gasteiger partial charge is 0.493 e. The highest BCUT2D eigenvalue weighted by atomic mass is 16.5. The van der Waals surface area contributed by atoms with E-state index in [4.69, 9.17) is 4.74 Å². The minimum absolute atomic E-state index is 0.231. The van der Waals surface area contributed by atoms with E-state index in [0.29, 0.717) is 30.3 Å². The number of benzene rings is 2. The first-order chi connectivity index (χ1) is 12.2. The van der Waals surface area contributed by atoms with Gasteiger partial charge in [-0.05, 0) is 37.1 Å². The summed E-state index contributed by atoms with van der Waals surface area (Å²) in [6.45, 7) is 5.14. The fourth-order valence-electron chi connectivity index (χ4n) is 2.60. The van der Waals surface area contributed by atoms with E-state index in [9.17, 15) is 4.79 Å². The van der Waals surface area contributed by atoms with Gasteiger partial charge in [0.15, 0.2) is 5.82 Å². The van der Waals surface area contributed by atoms with E-state index in [1.165, 1.54) is 11.1 Å². The maximum absolute atomic E-state index is 12.5. The van der Waals surface area contributed by atoms with Crippen molar-refractivity contribution in [2.45, 2.75) is 20.4 Å². The SMILES string of the molecule is CCOc1ccccc1C(=O)Nc1ccn(Cc2ccccc2C)n1. The minimum atomic E-state index is -0.231. The first-order valence-electron chi connectivity index (χ1n) is 8.28. The smallest absolute Gasteiger partial charge is 0.260 e. The number of para-hydroxylation sites is 1. The van der Waals surface area contributed by atoms with Crippen LogP contribution >= 0.6 is 0 Å². The van der Waals surface area contributed by atoms with E-state index < -0.39 is 0 Å². The van der Waals surface area contributed by atoms with Crippen molar-refractivity contribution in [1.82, 2.24) is 9.78 Å². The summed E-state index contributed by atoms with van der Waals surface area (Å²) in [5.74, 6) is 0.858. The highest BCUT2D eigenvalue weighted by molar-refractivity contribution is 6.05. The molecule has 128 valence electrons. The number of hydrogen-bond acceptors (Lipinski definition) is 3. The van der Waals surface area contributed by atoms with E-state index in [-0.39, 0.29) is 5.91 Å². The van der Waals surface area contributed by atoms with E-state index in [1.807, 2.05) is 42.1 Å². The number of rotatable bonds is 6. The Morgan fingerprint density at radius 3 is 2.68 bits per heavy atom. The number of carbonyl (C=O) groups excluding carboxylic acids is 1. The first-order valence-corrected chi connectivity index (χ1v) is 8.28. The number of nitrogens with one attached hydrogen (secondary N) is 1. The third kappa shape index (κ3) is 4.07. The average Bonchev–Trinajstić information content (AvgIpc) is 3.05. The van der Waals surface area contributed by atoms with Crippen LogP contribution in [-0.2, 0) is 6.54 Å². The third-order valence-electron chi connectivity index (χ3n) is 3.91. The summed E-state index contributed by atoms with van der Waals surface area (Å²) < 4.78 is 7.32. The number of aromatic nitrogens is 2. The zero-order valence-electron chi connectivity index (χ0n) is 14.4. The standard InChI is InChI=1S/C20H21N3O2/c1-3-25-18-11-7-6-10-17(18)20(24)21-19-12-13-23(22-19)14-16-9-5-4-8-15(16)2/h4-13H,3,14H2,1-2H3,(H,21,22,24). The Morgan fingerprint density at radius 2 is 1.88 bits per heavy atom. The fraction of sp³-hybridized carbons (Fsp3) is 0.200. The van der Waals surface area contributed by atoms with Gasteiger partial charge in [0.25, 0.3) is 5.91 Å². The molecular formula is C20H21N3O2. The van der Waals surface area contributed by atoms with Crippen molar-refractivity contribution in [2.24, 2.45) is 0 Å². The quantitative estimate of drug-likeness (QED) is 0.743. The topological polar surface area (TPSA) is 56.1 Å². The fourth-order valence-corrected chi connectivity index (χ4v) is 2.60. The normalized spacial score (nSPS) is 10.5. The van der Waals surface area contributed by atoms with Crippen molar-refractivity contribution in [2.75, 3.05) is 11.9 Å². The molecule has 0 aliphatic carbocycles. The summed E-state index contributed by atoms with van der Waals surface area (Å²) in [6, 6.07) is 17.2. The molecule has 1 heterocycles. The van der Waals surface area contributed by atoms with Crippen molar-refractivity contribution >= 4 is 11.7 Å². The lowest BCUT2D eigenvalue weighted by atomic mass is 10.1. The number of ether oxygens (including phenoxy) is 1. The molecule has 0 saturated heterocycles. The van der Waals surface area contributed by atoms with Crippen LogP contribution in [0.1, 0.15) is 28.4 Å². The second kappa shape index (κ2) is 7.66. The maximum Gasteiger partial charge on any atom is 0.260 e. The number of nitrogens with zero attached hydrogens (tertiary/aromatic N) is 2. The van der Waals surface area contributed by atoms with Crippen molar-refractivity contribution in [1.29, 1.82) is 0 Å². The van der Waals surface area contributed by atoms with Gasteiger partial charge in [0, 0.05) is 12.3 Å². The molecule has 25 heavy (non-hydrogen) atoms. The van der Waals surface area contributed by atoms with E-state index in [0.717, 1.165) is 0 Å². The Hall–Kier alpha value is -3.08. The number of anilines is 1. The Labute approximate surface area is 147 Å². The zero-order chi connectivity index (χ0) is 17.6. The molecule has 2 aromatic carbocycles. The Balaban J connectivity index is 1.71. The number of amides is 1. The van der Waals surface area contributed by atoms with Crippen molar-refractivity contribution in [3.8, 4) is 5.75 Å². The van der Waals surface area contributed by atoms with Crippen LogP contribution in [0.3, 0.4) is 0 Å². The average molecular weight is 335 g/mol. The highest BCUT2D eigenvalue weighted by Crippen LogP contribution is 2.19. The highest BCUT2D eigenvalue weighted by Gasteiger charge is 2.13. The van der Waals surface area contributed by atoms with Gasteiger partial charge in [-0.2, -0.15) is 5.10 Å². The van der Waals surface area contributed by atoms with Gasteiger partial charge in [0.2, 0.25) is 0 Å². The summed E-state index contributed by atoms with van der Waals surface area (Å²) in [5.41, 5.74) is 2.91. The summed E-state index contributed by atoms with van der Waals surface area (Å²) in [7, 11) is 0. The lowest BCUT2D eigenvalue weighted by Crippen LogP contribution is -2.14. The van der Waals surface area contributed by atoms with Crippen LogP contribution in [0.5, 0.6) is 5.75 Å². The molecule has 5 heteroatoms. The van der Waals surface area contributed by atoms with Crippen LogP contribution in [-0.4, -0.2) is 22.3 Å². The zero-order valence-corrected chi connectivity index (χ0v) is 14.4. The molecule has 1 aromatic heterocycles. The predicted molar refractivity (Wildman–Crippen MR) is 98.1 cm³/mol. The number of aryl methyl sites for hydroxylation is 1. The second-order valence-electron chi connectivity index (χ2n) is 5.71. The van der Waals surface area contributed by atoms with Crippen LogP contribution in [0.25, 0.3) is 0 Å². The van der Waals surface area contributed by atoms with Gasteiger partial charge < -0.3 is 10.1 Å². The predicted octanol–water partition coefficient (Wildman–Crippen LogP) is 3.89. The van der Waals surface area contributed by atoms with Crippen molar-refractivity contribution in [3.63, 3.8) is 0 Å². The molecule has 0 aliphatic heterocycles. The molecule has 0 spiro atoms. The summed E-state index contributed by atoms with van der Waals surface area (Å²) >= 11 is 0. The Kier molecular flexibility index (Phi) is 5.14. The van der Waals surface area contributed by atoms with Gasteiger partial charge in [0.05, 0.1) is 18.7 Å². The molecule has 0 bridgehead atoms. The van der Waals surface area contributed by atoms with Gasteiger partial charge in [-0.25, -0.2) is 0 Å². The molecule has 3 rings (SSSR count). The van der Waals surface area contributed by atoms with Gasteiger partial charge >= 0.3 is 0 Å². The molecule has 0 fully saturated rings. The number of carbonyl (C=O) groups is 1. The Morgan fingerprint density at radius 1 is 1.12 bits per heavy atom. The van der Waals surface area contributed by atoms with E-state index in [1.54, 1.807) is 18.2 Å².